The lowest BCUT2D eigenvalue weighted by Crippen LogP contribution is -2.50. The second kappa shape index (κ2) is 9.04. The van der Waals surface area contributed by atoms with Crippen LogP contribution < -0.4 is 14.2 Å². The summed E-state index contributed by atoms with van der Waals surface area (Å²) in [5.74, 6) is 1.58. The maximum atomic E-state index is 13.3. The fraction of sp³-hybridized carbons (Fsp3) is 0.346. The number of aromatic nitrogens is 1. The molecule has 0 saturated carbocycles. The first-order valence-electron chi connectivity index (χ1n) is 11.4. The number of methoxy groups -OCH3 is 1. The Balaban J connectivity index is 1.31. The third kappa shape index (κ3) is 3.89. The van der Waals surface area contributed by atoms with Crippen LogP contribution in [0.2, 0.25) is 0 Å². The van der Waals surface area contributed by atoms with E-state index in [1.54, 1.807) is 18.2 Å². The monoisotopic (exact) mass is 464 g/mol. The first-order chi connectivity index (χ1) is 16.5. The molecule has 2 aliphatic heterocycles. The van der Waals surface area contributed by atoms with Crippen LogP contribution in [-0.4, -0.2) is 65.1 Å². The number of aliphatic hydroxyl groups is 2. The lowest BCUT2D eigenvalue weighted by atomic mass is 9.86. The van der Waals surface area contributed by atoms with Crippen molar-refractivity contribution < 1.29 is 29.2 Å². The molecule has 1 fully saturated rings. The number of rotatable bonds is 6. The second-order valence-electron chi connectivity index (χ2n) is 8.63. The van der Waals surface area contributed by atoms with Crippen LogP contribution in [0.15, 0.2) is 60.8 Å². The number of carbonyl (C=O) groups excluding carboxylic acids is 1. The Bertz CT molecular complexity index is 1180. The normalized spacial score (nSPS) is 16.9. The molecule has 1 saturated heterocycles. The summed E-state index contributed by atoms with van der Waals surface area (Å²) in [5, 5.41) is 18.5. The van der Waals surface area contributed by atoms with E-state index in [-0.39, 0.29) is 12.5 Å². The zero-order valence-electron chi connectivity index (χ0n) is 19.0. The van der Waals surface area contributed by atoms with Crippen molar-refractivity contribution in [1.29, 1.82) is 0 Å². The summed E-state index contributed by atoms with van der Waals surface area (Å²) in [6.45, 7) is 0.666. The molecular formula is C26H28N2O6. The molecule has 2 N–H and O–H groups in total. The van der Waals surface area contributed by atoms with Gasteiger partial charge in [0.2, 0.25) is 0 Å². The Morgan fingerprint density at radius 1 is 1.12 bits per heavy atom. The fourth-order valence-electron chi connectivity index (χ4n) is 4.74. The molecular weight excluding hydrogens is 436 g/mol. The average Bonchev–Trinajstić information content (AvgIpc) is 3.39. The number of likely N-dealkylation sites (tertiary alicyclic amines) is 1. The number of ether oxygens (including phenoxy) is 3. The number of nitrogens with zero attached hydrogens (tertiary/aromatic N) is 2. The molecule has 2 aliphatic rings. The third-order valence-corrected chi connectivity index (χ3v) is 6.56. The summed E-state index contributed by atoms with van der Waals surface area (Å²) in [6.07, 6.45) is 2.45. The SMILES string of the molecule is COc1cc(C(=O)N2CCC3(CC2)Oc2ccccc2-n2cccc23)ccc1OC[C@H](O)CO. The molecule has 3 aromatic rings. The van der Waals surface area contributed by atoms with Gasteiger partial charge < -0.3 is 33.9 Å². The first kappa shape index (κ1) is 22.3. The number of hydrogen-bond donors (Lipinski definition) is 2. The van der Waals surface area contributed by atoms with Gasteiger partial charge in [0, 0.05) is 37.7 Å². The zero-order valence-corrected chi connectivity index (χ0v) is 19.0. The minimum absolute atomic E-state index is 0.0702. The Hall–Kier alpha value is -3.49. The van der Waals surface area contributed by atoms with Gasteiger partial charge in [0.15, 0.2) is 17.1 Å². The first-order valence-corrected chi connectivity index (χ1v) is 11.4. The molecule has 0 bridgehead atoms. The molecule has 3 heterocycles. The lowest BCUT2D eigenvalue weighted by molar-refractivity contribution is -0.00932. The van der Waals surface area contributed by atoms with Crippen LogP contribution in [0.4, 0.5) is 0 Å². The number of benzene rings is 2. The maximum Gasteiger partial charge on any atom is 0.253 e. The summed E-state index contributed by atoms with van der Waals surface area (Å²) < 4.78 is 19.6. The molecule has 1 atom stereocenters. The van der Waals surface area contributed by atoms with Crippen LogP contribution in [0.5, 0.6) is 17.2 Å². The van der Waals surface area contributed by atoms with Gasteiger partial charge >= 0.3 is 0 Å². The minimum atomic E-state index is -0.984. The molecule has 0 unspecified atom stereocenters. The van der Waals surface area contributed by atoms with E-state index in [0.717, 1.165) is 17.1 Å². The molecule has 0 radical (unpaired) electrons. The molecule has 1 aromatic heterocycles. The Morgan fingerprint density at radius 2 is 1.91 bits per heavy atom. The number of piperidine rings is 1. The van der Waals surface area contributed by atoms with Crippen LogP contribution in [0.25, 0.3) is 5.69 Å². The summed E-state index contributed by atoms with van der Waals surface area (Å²) in [5.41, 5.74) is 2.19. The number of para-hydroxylation sites is 2. The minimum Gasteiger partial charge on any atom is -0.493 e. The second-order valence-corrected chi connectivity index (χ2v) is 8.63. The molecule has 8 nitrogen and oxygen atoms in total. The molecule has 34 heavy (non-hydrogen) atoms. The van der Waals surface area contributed by atoms with E-state index in [9.17, 15) is 9.90 Å². The highest BCUT2D eigenvalue weighted by molar-refractivity contribution is 5.95. The third-order valence-electron chi connectivity index (χ3n) is 6.56. The predicted molar refractivity (Wildman–Crippen MR) is 125 cm³/mol. The van der Waals surface area contributed by atoms with Gasteiger partial charge in [-0.15, -0.1) is 0 Å². The lowest BCUT2D eigenvalue weighted by Gasteiger charge is -2.45. The molecule has 0 aliphatic carbocycles. The summed E-state index contributed by atoms with van der Waals surface area (Å²) in [7, 11) is 1.50. The average molecular weight is 465 g/mol. The highest BCUT2D eigenvalue weighted by atomic mass is 16.5. The molecule has 8 heteroatoms. The van der Waals surface area contributed by atoms with Gasteiger partial charge in [0.25, 0.3) is 5.91 Å². The Morgan fingerprint density at radius 3 is 2.68 bits per heavy atom. The van der Waals surface area contributed by atoms with Gasteiger partial charge in [0.05, 0.1) is 25.1 Å². The molecule has 1 amide bonds. The van der Waals surface area contributed by atoms with Crippen LogP contribution in [0, 0.1) is 0 Å². The van der Waals surface area contributed by atoms with Crippen molar-refractivity contribution in [1.82, 2.24) is 9.47 Å². The van der Waals surface area contributed by atoms with Gasteiger partial charge in [-0.25, -0.2) is 0 Å². The van der Waals surface area contributed by atoms with Crippen LogP contribution in [0.1, 0.15) is 28.9 Å². The summed E-state index contributed by atoms with van der Waals surface area (Å²) in [6, 6.07) is 17.1. The van der Waals surface area contributed by atoms with E-state index in [1.165, 1.54) is 7.11 Å². The van der Waals surface area contributed by atoms with E-state index < -0.39 is 18.3 Å². The van der Waals surface area contributed by atoms with Crippen molar-refractivity contribution in [3.8, 4) is 22.9 Å². The van der Waals surface area contributed by atoms with Gasteiger partial charge in [-0.05, 0) is 42.5 Å². The van der Waals surface area contributed by atoms with Gasteiger partial charge in [-0.1, -0.05) is 12.1 Å². The van der Waals surface area contributed by atoms with Crippen LogP contribution in [-0.2, 0) is 5.60 Å². The van der Waals surface area contributed by atoms with Gasteiger partial charge in [-0.3, -0.25) is 4.79 Å². The van der Waals surface area contributed by atoms with E-state index >= 15 is 0 Å². The number of aliphatic hydroxyl groups excluding tert-OH is 2. The van der Waals surface area contributed by atoms with E-state index in [2.05, 4.69) is 22.9 Å². The standard InChI is InChI=1S/C26H28N2O6/c1-32-23-15-18(8-9-22(23)33-17-19(30)16-29)25(31)27-13-10-26(11-14-27)24-7-4-12-28(24)20-5-2-3-6-21(20)34-26/h2-9,12,15,19,29-30H,10-11,13-14,16-17H2,1H3/t19-/m1/s1. The van der Waals surface area contributed by atoms with Crippen molar-refractivity contribution in [2.75, 3.05) is 33.4 Å². The Labute approximate surface area is 197 Å². The topological polar surface area (TPSA) is 93.4 Å². The van der Waals surface area contributed by atoms with Crippen molar-refractivity contribution in [3.05, 3.63) is 72.1 Å². The number of carbonyl (C=O) groups is 1. The maximum absolute atomic E-state index is 13.3. The van der Waals surface area contributed by atoms with E-state index in [0.29, 0.717) is 43.0 Å². The quantitative estimate of drug-likeness (QED) is 0.583. The molecule has 178 valence electrons. The number of hydrogen-bond acceptors (Lipinski definition) is 6. The summed E-state index contributed by atoms with van der Waals surface area (Å²) in [4.78, 5) is 15.1. The van der Waals surface area contributed by atoms with Crippen molar-refractivity contribution in [2.24, 2.45) is 0 Å². The van der Waals surface area contributed by atoms with Crippen molar-refractivity contribution >= 4 is 5.91 Å². The highest BCUT2D eigenvalue weighted by Crippen LogP contribution is 2.45. The molecule has 2 aromatic carbocycles. The highest BCUT2D eigenvalue weighted by Gasteiger charge is 2.44. The van der Waals surface area contributed by atoms with Gasteiger partial charge in [0.1, 0.15) is 18.5 Å². The van der Waals surface area contributed by atoms with E-state index in [4.69, 9.17) is 19.3 Å². The van der Waals surface area contributed by atoms with Gasteiger partial charge in [-0.2, -0.15) is 0 Å². The number of fused-ring (bicyclic) bond motifs is 4. The fourth-order valence-corrected chi connectivity index (χ4v) is 4.74. The van der Waals surface area contributed by atoms with Crippen LogP contribution >= 0.6 is 0 Å². The van der Waals surface area contributed by atoms with E-state index in [1.807, 2.05) is 29.2 Å². The predicted octanol–water partition coefficient (Wildman–Crippen LogP) is 2.74. The molecule has 5 rings (SSSR count). The largest absolute Gasteiger partial charge is 0.493 e. The van der Waals surface area contributed by atoms with Crippen LogP contribution in [0.3, 0.4) is 0 Å². The Kier molecular flexibility index (Phi) is 5.93. The number of amides is 1. The zero-order chi connectivity index (χ0) is 23.7. The smallest absolute Gasteiger partial charge is 0.253 e. The summed E-state index contributed by atoms with van der Waals surface area (Å²) >= 11 is 0. The molecule has 1 spiro atoms. The van der Waals surface area contributed by atoms with Crippen molar-refractivity contribution in [3.63, 3.8) is 0 Å². The van der Waals surface area contributed by atoms with Crippen molar-refractivity contribution in [2.45, 2.75) is 24.5 Å².